The summed E-state index contributed by atoms with van der Waals surface area (Å²) in [6.07, 6.45) is 4.58. The van der Waals surface area contributed by atoms with Gasteiger partial charge in [-0.3, -0.25) is 4.99 Å². The summed E-state index contributed by atoms with van der Waals surface area (Å²) in [5.41, 5.74) is 5.70. The number of hydrogen-bond acceptors (Lipinski definition) is 2. The van der Waals surface area contributed by atoms with Crippen LogP contribution in [-0.4, -0.2) is 30.8 Å². The van der Waals surface area contributed by atoms with Crippen molar-refractivity contribution in [1.82, 2.24) is 5.32 Å². The van der Waals surface area contributed by atoms with Gasteiger partial charge in [-0.15, -0.1) is 0 Å². The number of hydrogen-bond donors (Lipinski definition) is 3. The van der Waals surface area contributed by atoms with E-state index in [0.717, 1.165) is 25.9 Å². The molecule has 0 aliphatic heterocycles. The van der Waals surface area contributed by atoms with Crippen molar-refractivity contribution >= 4 is 5.96 Å². The minimum Gasteiger partial charge on any atom is -0.396 e. The van der Waals surface area contributed by atoms with Gasteiger partial charge >= 0.3 is 0 Å². The van der Waals surface area contributed by atoms with Crippen molar-refractivity contribution in [2.75, 3.05) is 19.7 Å². The molecule has 0 radical (unpaired) electrons. The standard InChI is InChI=1S/C11H23N3O/c1-2-6-13-11(12)14-7-9-4-3-5-10(9)8-15/h9-10,15H,2-8H2,1H3,(H3,12,13,14). The first kappa shape index (κ1) is 12.3. The van der Waals surface area contributed by atoms with Gasteiger partial charge in [0.05, 0.1) is 0 Å². The summed E-state index contributed by atoms with van der Waals surface area (Å²) in [5.74, 6) is 1.50. The zero-order valence-corrected chi connectivity index (χ0v) is 9.58. The summed E-state index contributed by atoms with van der Waals surface area (Å²) in [5, 5.41) is 12.2. The van der Waals surface area contributed by atoms with E-state index in [4.69, 9.17) is 10.8 Å². The van der Waals surface area contributed by atoms with Crippen LogP contribution in [0.1, 0.15) is 32.6 Å². The van der Waals surface area contributed by atoms with Crippen LogP contribution in [0.25, 0.3) is 0 Å². The van der Waals surface area contributed by atoms with E-state index in [2.05, 4.69) is 17.2 Å². The number of nitrogens with zero attached hydrogens (tertiary/aromatic N) is 1. The lowest BCUT2D eigenvalue weighted by Crippen LogP contribution is -2.33. The molecule has 1 aliphatic rings. The van der Waals surface area contributed by atoms with Crippen LogP contribution in [0.15, 0.2) is 4.99 Å². The topological polar surface area (TPSA) is 70.6 Å². The fourth-order valence-corrected chi connectivity index (χ4v) is 2.12. The Morgan fingerprint density at radius 2 is 2.20 bits per heavy atom. The smallest absolute Gasteiger partial charge is 0.188 e. The van der Waals surface area contributed by atoms with E-state index in [0.29, 0.717) is 24.4 Å². The number of guanidine groups is 1. The van der Waals surface area contributed by atoms with Crippen LogP contribution in [0.5, 0.6) is 0 Å². The second kappa shape index (κ2) is 6.67. The van der Waals surface area contributed by atoms with Gasteiger partial charge in [0.2, 0.25) is 0 Å². The molecule has 1 saturated carbocycles. The van der Waals surface area contributed by atoms with Crippen molar-refractivity contribution in [3.8, 4) is 0 Å². The normalized spacial score (nSPS) is 26.9. The first-order chi connectivity index (χ1) is 7.27. The quantitative estimate of drug-likeness (QED) is 0.465. The van der Waals surface area contributed by atoms with Crippen LogP contribution in [0.4, 0.5) is 0 Å². The largest absolute Gasteiger partial charge is 0.396 e. The monoisotopic (exact) mass is 213 g/mol. The van der Waals surface area contributed by atoms with Crippen molar-refractivity contribution in [2.24, 2.45) is 22.6 Å². The molecule has 1 rings (SSSR count). The molecule has 4 N–H and O–H groups in total. The van der Waals surface area contributed by atoms with E-state index in [1.165, 1.54) is 12.8 Å². The molecule has 0 aromatic heterocycles. The van der Waals surface area contributed by atoms with E-state index in [1.807, 2.05) is 0 Å². The van der Waals surface area contributed by atoms with E-state index in [1.54, 1.807) is 0 Å². The van der Waals surface area contributed by atoms with Gasteiger partial charge in [0.1, 0.15) is 0 Å². The molecule has 2 atom stereocenters. The van der Waals surface area contributed by atoms with Gasteiger partial charge in [-0.25, -0.2) is 0 Å². The number of rotatable bonds is 5. The van der Waals surface area contributed by atoms with E-state index in [9.17, 15) is 0 Å². The van der Waals surface area contributed by atoms with Crippen LogP contribution < -0.4 is 11.1 Å². The van der Waals surface area contributed by atoms with E-state index in [-0.39, 0.29) is 0 Å². The molecule has 1 aliphatic carbocycles. The van der Waals surface area contributed by atoms with Crippen LogP contribution >= 0.6 is 0 Å². The van der Waals surface area contributed by atoms with Crippen LogP contribution in [0.2, 0.25) is 0 Å². The first-order valence-corrected chi connectivity index (χ1v) is 5.92. The molecule has 0 amide bonds. The third kappa shape index (κ3) is 4.08. The van der Waals surface area contributed by atoms with E-state index < -0.39 is 0 Å². The van der Waals surface area contributed by atoms with Crippen LogP contribution in [-0.2, 0) is 0 Å². The van der Waals surface area contributed by atoms with Crippen LogP contribution in [0.3, 0.4) is 0 Å². The number of aliphatic hydroxyl groups excluding tert-OH is 1. The molecule has 4 nitrogen and oxygen atoms in total. The summed E-state index contributed by atoms with van der Waals surface area (Å²) in [7, 11) is 0. The SMILES string of the molecule is CCCNC(N)=NCC1CCCC1CO. The van der Waals surface area contributed by atoms with Gasteiger partial charge in [0, 0.05) is 19.7 Å². The molecule has 0 aromatic carbocycles. The predicted octanol–water partition coefficient (Wildman–Crippen LogP) is 0.709. The number of aliphatic hydroxyl groups is 1. The fourth-order valence-electron chi connectivity index (χ4n) is 2.12. The Bertz CT molecular complexity index is 206. The van der Waals surface area contributed by atoms with Gasteiger partial charge in [-0.05, 0) is 31.1 Å². The molecule has 0 bridgehead atoms. The maximum Gasteiger partial charge on any atom is 0.188 e. The highest BCUT2D eigenvalue weighted by Crippen LogP contribution is 2.31. The summed E-state index contributed by atoms with van der Waals surface area (Å²) >= 11 is 0. The van der Waals surface area contributed by atoms with Crippen molar-refractivity contribution in [3.05, 3.63) is 0 Å². The highest BCUT2D eigenvalue weighted by molar-refractivity contribution is 5.77. The van der Waals surface area contributed by atoms with Gasteiger partial charge in [0.25, 0.3) is 0 Å². The summed E-state index contributed by atoms with van der Waals surface area (Å²) in [6.45, 7) is 4.03. The zero-order valence-electron chi connectivity index (χ0n) is 9.58. The Kier molecular flexibility index (Phi) is 5.47. The second-order valence-corrected chi connectivity index (χ2v) is 4.29. The van der Waals surface area contributed by atoms with Crippen molar-refractivity contribution in [3.63, 3.8) is 0 Å². The molecule has 1 fully saturated rings. The minimum absolute atomic E-state index is 0.294. The zero-order chi connectivity index (χ0) is 11.1. The molecular weight excluding hydrogens is 190 g/mol. The van der Waals surface area contributed by atoms with Gasteiger partial charge in [-0.1, -0.05) is 13.3 Å². The predicted molar refractivity (Wildman–Crippen MR) is 62.7 cm³/mol. The highest BCUT2D eigenvalue weighted by Gasteiger charge is 2.25. The molecule has 0 spiro atoms. The van der Waals surface area contributed by atoms with Gasteiger partial charge < -0.3 is 16.2 Å². The van der Waals surface area contributed by atoms with E-state index >= 15 is 0 Å². The average Bonchev–Trinajstić information content (AvgIpc) is 2.70. The number of nitrogens with one attached hydrogen (secondary N) is 1. The minimum atomic E-state index is 0.294. The fraction of sp³-hybridized carbons (Fsp3) is 0.909. The molecule has 4 heteroatoms. The molecule has 2 unspecified atom stereocenters. The maximum absolute atomic E-state index is 9.15. The van der Waals surface area contributed by atoms with Crippen LogP contribution in [0, 0.1) is 11.8 Å². The lowest BCUT2D eigenvalue weighted by atomic mass is 9.97. The average molecular weight is 213 g/mol. The summed E-state index contributed by atoms with van der Waals surface area (Å²) in [4.78, 5) is 4.31. The third-order valence-corrected chi connectivity index (χ3v) is 3.10. The van der Waals surface area contributed by atoms with Crippen molar-refractivity contribution in [1.29, 1.82) is 0 Å². The highest BCUT2D eigenvalue weighted by atomic mass is 16.3. The number of nitrogens with two attached hydrogens (primary N) is 1. The Labute approximate surface area is 92.0 Å². The van der Waals surface area contributed by atoms with Crippen molar-refractivity contribution < 1.29 is 5.11 Å². The Balaban J connectivity index is 2.28. The molecule has 88 valence electrons. The Morgan fingerprint density at radius 3 is 2.87 bits per heavy atom. The summed E-state index contributed by atoms with van der Waals surface area (Å²) in [6, 6.07) is 0. The molecule has 0 saturated heterocycles. The lowest BCUT2D eigenvalue weighted by Gasteiger charge is -2.15. The lowest BCUT2D eigenvalue weighted by molar-refractivity contribution is 0.197. The Morgan fingerprint density at radius 1 is 1.47 bits per heavy atom. The molecular formula is C11H23N3O. The second-order valence-electron chi connectivity index (χ2n) is 4.29. The third-order valence-electron chi connectivity index (χ3n) is 3.10. The molecule has 0 heterocycles. The molecule has 15 heavy (non-hydrogen) atoms. The molecule has 0 aromatic rings. The maximum atomic E-state index is 9.15. The van der Waals surface area contributed by atoms with Gasteiger partial charge in [0.15, 0.2) is 5.96 Å². The van der Waals surface area contributed by atoms with Gasteiger partial charge in [-0.2, -0.15) is 0 Å². The first-order valence-electron chi connectivity index (χ1n) is 5.92. The van der Waals surface area contributed by atoms with Crippen molar-refractivity contribution in [2.45, 2.75) is 32.6 Å². The number of aliphatic imine (C=N–C) groups is 1. The summed E-state index contributed by atoms with van der Waals surface area (Å²) < 4.78 is 0. The Hall–Kier alpha value is -0.770.